The fraction of sp³-hybridized carbons (Fsp3) is 0.909. The van der Waals surface area contributed by atoms with Crippen molar-refractivity contribution in [2.45, 2.75) is 34.1 Å². The van der Waals surface area contributed by atoms with Crippen LogP contribution in [-0.2, 0) is 4.79 Å². The van der Waals surface area contributed by atoms with E-state index in [-0.39, 0.29) is 11.8 Å². The van der Waals surface area contributed by atoms with Crippen LogP contribution in [0.25, 0.3) is 0 Å². The lowest BCUT2D eigenvalue weighted by atomic mass is 10.1. The van der Waals surface area contributed by atoms with E-state index < -0.39 is 0 Å². The molecule has 0 atom stereocenters. The molecule has 0 unspecified atom stereocenters. The van der Waals surface area contributed by atoms with Crippen LogP contribution in [0.1, 0.15) is 34.1 Å². The van der Waals surface area contributed by atoms with E-state index in [9.17, 15) is 4.79 Å². The first-order valence-electron chi connectivity index (χ1n) is 5.52. The maximum absolute atomic E-state index is 11.1. The smallest absolute Gasteiger partial charge is 0.222 e. The van der Waals surface area contributed by atoms with E-state index in [1.807, 2.05) is 13.8 Å². The van der Waals surface area contributed by atoms with Crippen molar-refractivity contribution in [3.8, 4) is 0 Å². The van der Waals surface area contributed by atoms with Gasteiger partial charge in [-0.3, -0.25) is 4.79 Å². The van der Waals surface area contributed by atoms with Gasteiger partial charge >= 0.3 is 0 Å². The molecule has 0 radical (unpaired) electrons. The zero-order chi connectivity index (χ0) is 11.0. The van der Waals surface area contributed by atoms with Crippen molar-refractivity contribution in [2.24, 2.45) is 11.8 Å². The van der Waals surface area contributed by atoms with Crippen molar-refractivity contribution < 1.29 is 4.79 Å². The van der Waals surface area contributed by atoms with E-state index in [0.29, 0.717) is 0 Å². The van der Waals surface area contributed by atoms with Gasteiger partial charge in [0, 0.05) is 19.0 Å². The Morgan fingerprint density at radius 1 is 1.07 bits per heavy atom. The molecule has 84 valence electrons. The summed E-state index contributed by atoms with van der Waals surface area (Å²) in [7, 11) is 0. The predicted octanol–water partition coefficient (Wildman–Crippen LogP) is 1.39. The molecule has 0 aliphatic rings. The van der Waals surface area contributed by atoms with Crippen molar-refractivity contribution in [2.75, 3.05) is 19.6 Å². The molecule has 0 aliphatic heterocycles. The summed E-state index contributed by atoms with van der Waals surface area (Å²) in [6, 6.07) is 0. The SMILES string of the molecule is CC(C)CCNCCNC(=O)C(C)C. The zero-order valence-electron chi connectivity index (χ0n) is 9.89. The largest absolute Gasteiger partial charge is 0.355 e. The summed E-state index contributed by atoms with van der Waals surface area (Å²) in [6.45, 7) is 10.9. The third-order valence-electron chi connectivity index (χ3n) is 2.02. The molecule has 3 heteroatoms. The Balaban J connectivity index is 3.18. The highest BCUT2D eigenvalue weighted by Crippen LogP contribution is 1.95. The van der Waals surface area contributed by atoms with Gasteiger partial charge in [0.1, 0.15) is 0 Å². The van der Waals surface area contributed by atoms with Crippen LogP contribution >= 0.6 is 0 Å². The number of nitrogens with one attached hydrogen (secondary N) is 2. The van der Waals surface area contributed by atoms with Gasteiger partial charge in [-0.05, 0) is 18.9 Å². The summed E-state index contributed by atoms with van der Waals surface area (Å²) in [5, 5.41) is 6.17. The highest BCUT2D eigenvalue weighted by Gasteiger charge is 2.04. The van der Waals surface area contributed by atoms with E-state index in [2.05, 4.69) is 24.5 Å². The van der Waals surface area contributed by atoms with Gasteiger partial charge in [0.2, 0.25) is 5.91 Å². The Kier molecular flexibility index (Phi) is 7.48. The fourth-order valence-electron chi connectivity index (χ4n) is 0.994. The second-order valence-electron chi connectivity index (χ2n) is 4.38. The van der Waals surface area contributed by atoms with Crippen LogP contribution in [0, 0.1) is 11.8 Å². The summed E-state index contributed by atoms with van der Waals surface area (Å²) < 4.78 is 0. The van der Waals surface area contributed by atoms with Gasteiger partial charge in [-0.15, -0.1) is 0 Å². The predicted molar refractivity (Wildman–Crippen MR) is 60.2 cm³/mol. The molecule has 3 nitrogen and oxygen atoms in total. The normalized spacial score (nSPS) is 11.0. The molecule has 0 spiro atoms. The summed E-state index contributed by atoms with van der Waals surface area (Å²) in [4.78, 5) is 11.1. The molecule has 0 rings (SSSR count). The molecular formula is C11H24N2O. The second-order valence-corrected chi connectivity index (χ2v) is 4.38. The van der Waals surface area contributed by atoms with Gasteiger partial charge in [-0.2, -0.15) is 0 Å². The third-order valence-corrected chi connectivity index (χ3v) is 2.02. The quantitative estimate of drug-likeness (QED) is 0.610. The molecule has 0 bridgehead atoms. The molecule has 1 amide bonds. The molecular weight excluding hydrogens is 176 g/mol. The van der Waals surface area contributed by atoms with Gasteiger partial charge in [-0.25, -0.2) is 0 Å². The topological polar surface area (TPSA) is 41.1 Å². The van der Waals surface area contributed by atoms with Crippen molar-refractivity contribution in [3.05, 3.63) is 0 Å². The van der Waals surface area contributed by atoms with Crippen LogP contribution in [0.3, 0.4) is 0 Å². The van der Waals surface area contributed by atoms with Crippen LogP contribution in [0.15, 0.2) is 0 Å². The average Bonchev–Trinajstić information content (AvgIpc) is 2.09. The lowest BCUT2D eigenvalue weighted by Gasteiger charge is -2.09. The molecule has 0 heterocycles. The third kappa shape index (κ3) is 8.05. The Morgan fingerprint density at radius 2 is 1.71 bits per heavy atom. The van der Waals surface area contributed by atoms with Gasteiger partial charge < -0.3 is 10.6 Å². The van der Waals surface area contributed by atoms with Gasteiger partial charge in [0.25, 0.3) is 0 Å². The number of carbonyl (C=O) groups is 1. The van der Waals surface area contributed by atoms with Crippen LogP contribution in [0.2, 0.25) is 0 Å². The van der Waals surface area contributed by atoms with Gasteiger partial charge in [0.05, 0.1) is 0 Å². The number of amides is 1. The number of carbonyl (C=O) groups excluding carboxylic acids is 1. The minimum atomic E-state index is 0.0886. The molecule has 0 aromatic heterocycles. The minimum Gasteiger partial charge on any atom is -0.355 e. The molecule has 0 aromatic carbocycles. The summed E-state index contributed by atoms with van der Waals surface area (Å²) >= 11 is 0. The monoisotopic (exact) mass is 200 g/mol. The van der Waals surface area contributed by atoms with Crippen molar-refractivity contribution in [3.63, 3.8) is 0 Å². The molecule has 0 saturated heterocycles. The first-order chi connectivity index (χ1) is 6.54. The Hall–Kier alpha value is -0.570. The van der Waals surface area contributed by atoms with Crippen LogP contribution in [-0.4, -0.2) is 25.5 Å². The van der Waals surface area contributed by atoms with E-state index in [1.54, 1.807) is 0 Å². The van der Waals surface area contributed by atoms with Crippen LogP contribution < -0.4 is 10.6 Å². The van der Waals surface area contributed by atoms with E-state index >= 15 is 0 Å². The summed E-state index contributed by atoms with van der Waals surface area (Å²) in [5.74, 6) is 0.967. The zero-order valence-corrected chi connectivity index (χ0v) is 9.89. The Labute approximate surface area is 87.6 Å². The molecule has 0 saturated carbocycles. The first-order valence-corrected chi connectivity index (χ1v) is 5.52. The number of hydrogen-bond donors (Lipinski definition) is 2. The van der Waals surface area contributed by atoms with Crippen LogP contribution in [0.4, 0.5) is 0 Å². The Morgan fingerprint density at radius 3 is 2.21 bits per heavy atom. The van der Waals surface area contributed by atoms with E-state index in [4.69, 9.17) is 0 Å². The highest BCUT2D eigenvalue weighted by atomic mass is 16.1. The molecule has 14 heavy (non-hydrogen) atoms. The first kappa shape index (κ1) is 13.4. The molecule has 2 N–H and O–H groups in total. The van der Waals surface area contributed by atoms with Crippen molar-refractivity contribution >= 4 is 5.91 Å². The molecule has 0 aliphatic carbocycles. The average molecular weight is 200 g/mol. The molecule has 0 aromatic rings. The summed E-state index contributed by atoms with van der Waals surface area (Å²) in [5.41, 5.74) is 0. The molecule has 0 fully saturated rings. The minimum absolute atomic E-state index is 0.0886. The lowest BCUT2D eigenvalue weighted by Crippen LogP contribution is -2.34. The van der Waals surface area contributed by atoms with Gasteiger partial charge in [0.15, 0.2) is 0 Å². The standard InChI is InChI=1S/C11H24N2O/c1-9(2)5-6-12-7-8-13-11(14)10(3)4/h9-10,12H,5-8H2,1-4H3,(H,13,14). The highest BCUT2D eigenvalue weighted by molar-refractivity contribution is 5.77. The van der Waals surface area contributed by atoms with Crippen LogP contribution in [0.5, 0.6) is 0 Å². The number of rotatable bonds is 7. The van der Waals surface area contributed by atoms with Crippen molar-refractivity contribution in [1.29, 1.82) is 0 Å². The lowest BCUT2D eigenvalue weighted by molar-refractivity contribution is -0.123. The van der Waals surface area contributed by atoms with E-state index in [1.165, 1.54) is 6.42 Å². The fourth-order valence-corrected chi connectivity index (χ4v) is 0.994. The Bertz CT molecular complexity index is 155. The maximum Gasteiger partial charge on any atom is 0.222 e. The van der Waals surface area contributed by atoms with E-state index in [0.717, 1.165) is 25.6 Å². The number of hydrogen-bond acceptors (Lipinski definition) is 2. The second kappa shape index (κ2) is 7.80. The maximum atomic E-state index is 11.1. The van der Waals surface area contributed by atoms with Crippen molar-refractivity contribution in [1.82, 2.24) is 10.6 Å². The van der Waals surface area contributed by atoms with Gasteiger partial charge in [-0.1, -0.05) is 27.7 Å². The summed E-state index contributed by atoms with van der Waals surface area (Å²) in [6.07, 6.45) is 1.19.